The highest BCUT2D eigenvalue weighted by Gasteiger charge is 2.13. The fourth-order valence-corrected chi connectivity index (χ4v) is 2.21. The molecule has 8 heteroatoms. The van der Waals surface area contributed by atoms with Gasteiger partial charge in [0.1, 0.15) is 5.82 Å². The summed E-state index contributed by atoms with van der Waals surface area (Å²) in [6, 6.07) is 3.54. The molecule has 2 aromatic rings. The fraction of sp³-hybridized carbons (Fsp3) is 0.400. The van der Waals surface area contributed by atoms with Crippen LogP contribution >= 0.6 is 0 Å². The lowest BCUT2D eigenvalue weighted by Gasteiger charge is -2.18. The van der Waals surface area contributed by atoms with Crippen LogP contribution in [0.15, 0.2) is 12.1 Å². The molecule has 0 fully saturated rings. The number of fused-ring (bicyclic) bond motifs is 1. The van der Waals surface area contributed by atoms with Gasteiger partial charge in [0.25, 0.3) is 0 Å². The number of ether oxygens (including phenoxy) is 2. The van der Waals surface area contributed by atoms with Gasteiger partial charge in [-0.05, 0) is 12.5 Å². The number of benzene rings is 1. The summed E-state index contributed by atoms with van der Waals surface area (Å²) in [7, 11) is 5.01. The zero-order valence-electron chi connectivity index (χ0n) is 13.5. The average Bonchev–Trinajstić information content (AvgIpc) is 2.57. The van der Waals surface area contributed by atoms with Crippen molar-refractivity contribution in [2.75, 3.05) is 45.0 Å². The van der Waals surface area contributed by atoms with Gasteiger partial charge in [0.2, 0.25) is 12.4 Å². The summed E-state index contributed by atoms with van der Waals surface area (Å²) in [6.45, 7) is 1.29. The lowest BCUT2D eigenvalue weighted by molar-refractivity contribution is -0.109. The molecule has 0 atom stereocenters. The summed E-state index contributed by atoms with van der Waals surface area (Å²) >= 11 is 0. The van der Waals surface area contributed by atoms with Crippen molar-refractivity contribution in [2.45, 2.75) is 6.42 Å². The second-order valence-corrected chi connectivity index (χ2v) is 4.98. The van der Waals surface area contributed by atoms with Gasteiger partial charge in [-0.1, -0.05) is 0 Å². The van der Waals surface area contributed by atoms with Gasteiger partial charge < -0.3 is 25.4 Å². The minimum Gasteiger partial charge on any atom is -0.493 e. The van der Waals surface area contributed by atoms with Crippen LogP contribution in [0.2, 0.25) is 0 Å². The molecule has 0 radical (unpaired) electrons. The van der Waals surface area contributed by atoms with Crippen molar-refractivity contribution in [2.24, 2.45) is 0 Å². The first-order valence-electron chi connectivity index (χ1n) is 7.18. The minimum absolute atomic E-state index is 0.379. The van der Waals surface area contributed by atoms with Gasteiger partial charge in [0.05, 0.1) is 19.7 Å². The number of nitrogen functional groups attached to an aromatic ring is 1. The van der Waals surface area contributed by atoms with Crippen LogP contribution in [-0.2, 0) is 4.79 Å². The molecule has 1 amide bonds. The Morgan fingerprint density at radius 1 is 1.26 bits per heavy atom. The number of carbonyl (C=O) groups is 1. The van der Waals surface area contributed by atoms with Gasteiger partial charge in [0, 0.05) is 31.6 Å². The molecule has 0 aliphatic rings. The zero-order valence-corrected chi connectivity index (χ0v) is 13.5. The number of methoxy groups -OCH3 is 2. The van der Waals surface area contributed by atoms with Crippen molar-refractivity contribution in [1.82, 2.24) is 15.3 Å². The predicted octanol–water partition coefficient (Wildman–Crippen LogP) is 0.802. The van der Waals surface area contributed by atoms with Crippen LogP contribution in [-0.4, -0.2) is 50.7 Å². The second-order valence-electron chi connectivity index (χ2n) is 4.98. The normalized spacial score (nSPS) is 10.4. The largest absolute Gasteiger partial charge is 0.493 e. The Bertz CT molecular complexity index is 692. The number of rotatable bonds is 8. The summed E-state index contributed by atoms with van der Waals surface area (Å²) in [5.41, 5.74) is 6.74. The van der Waals surface area contributed by atoms with Gasteiger partial charge in [-0.15, -0.1) is 0 Å². The highest BCUT2D eigenvalue weighted by Crippen LogP contribution is 2.33. The van der Waals surface area contributed by atoms with E-state index in [0.29, 0.717) is 53.7 Å². The molecule has 0 aliphatic carbocycles. The maximum Gasteiger partial charge on any atom is 0.227 e. The van der Waals surface area contributed by atoms with Gasteiger partial charge in [0.15, 0.2) is 11.5 Å². The molecule has 1 aromatic heterocycles. The van der Waals surface area contributed by atoms with E-state index in [1.54, 1.807) is 26.4 Å². The molecule has 1 heterocycles. The van der Waals surface area contributed by atoms with E-state index in [1.807, 2.05) is 11.9 Å². The Morgan fingerprint density at radius 3 is 2.61 bits per heavy atom. The molecule has 0 aliphatic heterocycles. The fourth-order valence-electron chi connectivity index (χ4n) is 2.21. The van der Waals surface area contributed by atoms with Crippen molar-refractivity contribution in [3.05, 3.63) is 12.1 Å². The van der Waals surface area contributed by atoms with Crippen LogP contribution in [0, 0.1) is 0 Å². The number of aromatic nitrogens is 2. The molecule has 3 N–H and O–H groups in total. The lowest BCUT2D eigenvalue weighted by Crippen LogP contribution is -2.25. The third kappa shape index (κ3) is 3.71. The molecule has 0 saturated carbocycles. The number of anilines is 2. The smallest absolute Gasteiger partial charge is 0.227 e. The van der Waals surface area contributed by atoms with E-state index in [0.717, 1.165) is 6.42 Å². The average molecular weight is 319 g/mol. The summed E-state index contributed by atoms with van der Waals surface area (Å²) in [4.78, 5) is 21.0. The second kappa shape index (κ2) is 7.48. The number of amides is 1. The standard InChI is InChI=1S/C15H21N5O3/c1-20(6-4-5-17-9-21)15-18-11-8-13(23-3)12(22-2)7-10(11)14(16)19-15/h7-9H,4-6H2,1-3H3,(H,17,21)(H2,16,18,19). The highest BCUT2D eigenvalue weighted by molar-refractivity contribution is 5.91. The van der Waals surface area contributed by atoms with Crippen molar-refractivity contribution < 1.29 is 14.3 Å². The van der Waals surface area contributed by atoms with Crippen LogP contribution in [0.25, 0.3) is 10.9 Å². The molecule has 0 unspecified atom stereocenters. The third-order valence-corrected chi connectivity index (χ3v) is 3.46. The Labute approximate surface area is 134 Å². The number of hydrogen-bond donors (Lipinski definition) is 2. The molecule has 1 aromatic carbocycles. The van der Waals surface area contributed by atoms with Gasteiger partial charge >= 0.3 is 0 Å². The van der Waals surface area contributed by atoms with E-state index in [2.05, 4.69) is 15.3 Å². The molecule has 0 bridgehead atoms. The molecule has 23 heavy (non-hydrogen) atoms. The number of carbonyl (C=O) groups excluding carboxylic acids is 1. The monoisotopic (exact) mass is 319 g/mol. The summed E-state index contributed by atoms with van der Waals surface area (Å²) in [5.74, 6) is 2.07. The number of hydrogen-bond acceptors (Lipinski definition) is 7. The Morgan fingerprint density at radius 2 is 1.96 bits per heavy atom. The Kier molecular flexibility index (Phi) is 5.40. The number of nitrogens with zero attached hydrogens (tertiary/aromatic N) is 3. The Balaban J connectivity index is 2.30. The molecule has 2 rings (SSSR count). The molecule has 124 valence electrons. The van der Waals surface area contributed by atoms with Crippen LogP contribution in [0.5, 0.6) is 11.5 Å². The van der Waals surface area contributed by atoms with Crippen LogP contribution < -0.4 is 25.4 Å². The zero-order chi connectivity index (χ0) is 16.8. The minimum atomic E-state index is 0.379. The van der Waals surface area contributed by atoms with E-state index < -0.39 is 0 Å². The summed E-state index contributed by atoms with van der Waals surface area (Å²) in [6.07, 6.45) is 1.46. The highest BCUT2D eigenvalue weighted by atomic mass is 16.5. The topological polar surface area (TPSA) is 103 Å². The van der Waals surface area contributed by atoms with Crippen LogP contribution in [0.3, 0.4) is 0 Å². The first-order chi connectivity index (χ1) is 11.1. The van der Waals surface area contributed by atoms with Gasteiger partial charge in [-0.2, -0.15) is 4.98 Å². The van der Waals surface area contributed by atoms with E-state index in [9.17, 15) is 4.79 Å². The van der Waals surface area contributed by atoms with Crippen LogP contribution in [0.4, 0.5) is 11.8 Å². The molecular formula is C15H21N5O3. The first kappa shape index (κ1) is 16.6. The summed E-state index contributed by atoms with van der Waals surface area (Å²) in [5, 5.41) is 3.33. The SMILES string of the molecule is COc1cc2nc(N(C)CCCNC=O)nc(N)c2cc1OC. The molecule has 0 spiro atoms. The number of nitrogens with one attached hydrogen (secondary N) is 1. The maximum absolute atomic E-state index is 10.2. The van der Waals surface area contributed by atoms with Crippen molar-refractivity contribution >= 4 is 29.1 Å². The predicted molar refractivity (Wildman–Crippen MR) is 89.0 cm³/mol. The molecular weight excluding hydrogens is 298 g/mol. The van der Waals surface area contributed by atoms with Gasteiger partial charge in [-0.25, -0.2) is 4.98 Å². The maximum atomic E-state index is 10.2. The Hall–Kier alpha value is -2.77. The van der Waals surface area contributed by atoms with E-state index in [1.165, 1.54) is 0 Å². The van der Waals surface area contributed by atoms with E-state index in [-0.39, 0.29) is 0 Å². The molecule has 0 saturated heterocycles. The van der Waals surface area contributed by atoms with E-state index in [4.69, 9.17) is 15.2 Å². The lowest BCUT2D eigenvalue weighted by atomic mass is 10.2. The summed E-state index contributed by atoms with van der Waals surface area (Å²) < 4.78 is 10.6. The van der Waals surface area contributed by atoms with E-state index >= 15 is 0 Å². The first-order valence-corrected chi connectivity index (χ1v) is 7.18. The van der Waals surface area contributed by atoms with Crippen molar-refractivity contribution in [3.8, 4) is 11.5 Å². The molecule has 8 nitrogen and oxygen atoms in total. The van der Waals surface area contributed by atoms with Crippen LogP contribution in [0.1, 0.15) is 6.42 Å². The van der Waals surface area contributed by atoms with Gasteiger partial charge in [-0.3, -0.25) is 4.79 Å². The van der Waals surface area contributed by atoms with Crippen molar-refractivity contribution in [1.29, 1.82) is 0 Å². The quantitative estimate of drug-likeness (QED) is 0.548. The van der Waals surface area contributed by atoms with Crippen molar-refractivity contribution in [3.63, 3.8) is 0 Å². The third-order valence-electron chi connectivity index (χ3n) is 3.46. The number of nitrogens with two attached hydrogens (primary N) is 1.